The van der Waals surface area contributed by atoms with Crippen molar-refractivity contribution in [3.63, 3.8) is 0 Å². The third kappa shape index (κ3) is 3.06. The molecule has 0 unspecified atom stereocenters. The highest BCUT2D eigenvalue weighted by molar-refractivity contribution is 5.95. The number of nitrogens with zero attached hydrogens (tertiary/aromatic N) is 2. The van der Waals surface area contributed by atoms with Crippen molar-refractivity contribution >= 4 is 22.6 Å². The SMILES string of the molecule is CCn1cc(CC(=O)Nc2ccc(F)cc2F)c2cccnc21. The topological polar surface area (TPSA) is 46.9 Å². The van der Waals surface area contributed by atoms with Crippen molar-refractivity contribution in [2.24, 2.45) is 0 Å². The number of carbonyl (C=O) groups excluding carboxylic acids is 1. The molecule has 0 aliphatic rings. The molecule has 0 bridgehead atoms. The van der Waals surface area contributed by atoms with Gasteiger partial charge in [0.15, 0.2) is 0 Å². The Balaban J connectivity index is 1.83. The number of hydrogen-bond donors (Lipinski definition) is 1. The molecule has 3 rings (SSSR count). The van der Waals surface area contributed by atoms with Gasteiger partial charge in [-0.25, -0.2) is 13.8 Å². The lowest BCUT2D eigenvalue weighted by molar-refractivity contribution is -0.115. The van der Waals surface area contributed by atoms with Crippen LogP contribution in [0.25, 0.3) is 11.0 Å². The van der Waals surface area contributed by atoms with Gasteiger partial charge in [0.1, 0.15) is 17.3 Å². The lowest BCUT2D eigenvalue weighted by atomic mass is 10.1. The fourth-order valence-electron chi connectivity index (χ4n) is 2.54. The van der Waals surface area contributed by atoms with Gasteiger partial charge in [0.05, 0.1) is 12.1 Å². The van der Waals surface area contributed by atoms with E-state index in [0.717, 1.165) is 35.3 Å². The molecule has 4 nitrogen and oxygen atoms in total. The smallest absolute Gasteiger partial charge is 0.228 e. The second-order valence-electron chi connectivity index (χ2n) is 5.16. The number of aromatic nitrogens is 2. The van der Waals surface area contributed by atoms with Crippen molar-refractivity contribution in [3.05, 3.63) is 59.9 Å². The molecule has 1 amide bonds. The summed E-state index contributed by atoms with van der Waals surface area (Å²) in [4.78, 5) is 16.5. The van der Waals surface area contributed by atoms with Crippen molar-refractivity contribution in [1.29, 1.82) is 0 Å². The zero-order valence-electron chi connectivity index (χ0n) is 12.5. The van der Waals surface area contributed by atoms with Gasteiger partial charge < -0.3 is 9.88 Å². The number of hydrogen-bond acceptors (Lipinski definition) is 2. The van der Waals surface area contributed by atoms with Gasteiger partial charge in [-0.3, -0.25) is 4.79 Å². The number of benzene rings is 1. The van der Waals surface area contributed by atoms with E-state index in [1.54, 1.807) is 6.20 Å². The largest absolute Gasteiger partial charge is 0.332 e. The Morgan fingerprint density at radius 1 is 1.30 bits per heavy atom. The molecule has 0 aliphatic carbocycles. The number of nitrogens with one attached hydrogen (secondary N) is 1. The Labute approximate surface area is 131 Å². The number of anilines is 1. The van der Waals surface area contributed by atoms with Crippen LogP contribution in [0.5, 0.6) is 0 Å². The second kappa shape index (κ2) is 6.16. The third-order valence-electron chi connectivity index (χ3n) is 3.61. The Morgan fingerprint density at radius 3 is 2.87 bits per heavy atom. The monoisotopic (exact) mass is 315 g/mol. The molecule has 6 heteroatoms. The van der Waals surface area contributed by atoms with Crippen molar-refractivity contribution in [2.75, 3.05) is 5.32 Å². The Kier molecular flexibility index (Phi) is 4.06. The van der Waals surface area contributed by atoms with Gasteiger partial charge in [0.25, 0.3) is 0 Å². The lowest BCUT2D eigenvalue weighted by Crippen LogP contribution is -2.15. The highest BCUT2D eigenvalue weighted by Crippen LogP contribution is 2.21. The minimum atomic E-state index is -0.795. The summed E-state index contributed by atoms with van der Waals surface area (Å²) in [5.41, 5.74) is 1.59. The number of aryl methyl sites for hydroxylation is 1. The summed E-state index contributed by atoms with van der Waals surface area (Å²) < 4.78 is 28.4. The lowest BCUT2D eigenvalue weighted by Gasteiger charge is -2.06. The van der Waals surface area contributed by atoms with E-state index in [9.17, 15) is 13.6 Å². The van der Waals surface area contributed by atoms with Crippen LogP contribution >= 0.6 is 0 Å². The van der Waals surface area contributed by atoms with Gasteiger partial charge in [-0.05, 0) is 36.8 Å². The molecule has 2 aromatic heterocycles. The maximum absolute atomic E-state index is 13.6. The minimum Gasteiger partial charge on any atom is -0.332 e. The van der Waals surface area contributed by atoms with Crippen LogP contribution in [-0.4, -0.2) is 15.5 Å². The van der Waals surface area contributed by atoms with Gasteiger partial charge in [-0.15, -0.1) is 0 Å². The van der Waals surface area contributed by atoms with Crippen LogP contribution in [0.4, 0.5) is 14.5 Å². The summed E-state index contributed by atoms with van der Waals surface area (Å²) in [7, 11) is 0. The van der Waals surface area contributed by atoms with Crippen LogP contribution in [0.15, 0.2) is 42.7 Å². The zero-order chi connectivity index (χ0) is 16.4. The number of amides is 1. The number of carbonyl (C=O) groups is 1. The molecule has 0 spiro atoms. The predicted octanol–water partition coefficient (Wildman–Crippen LogP) is 3.52. The Bertz CT molecular complexity index is 873. The first-order valence-corrected chi connectivity index (χ1v) is 7.26. The van der Waals surface area contributed by atoms with Gasteiger partial charge in [0, 0.05) is 30.4 Å². The molecule has 3 aromatic rings. The van der Waals surface area contributed by atoms with Crippen LogP contribution < -0.4 is 5.32 Å². The molecular formula is C17H15F2N3O. The van der Waals surface area contributed by atoms with E-state index in [1.807, 2.05) is 29.8 Å². The van der Waals surface area contributed by atoms with E-state index in [2.05, 4.69) is 10.3 Å². The summed E-state index contributed by atoms with van der Waals surface area (Å²) in [5.74, 6) is -1.84. The molecule has 2 heterocycles. The maximum Gasteiger partial charge on any atom is 0.228 e. The average Bonchev–Trinajstić information content (AvgIpc) is 2.88. The molecule has 1 N–H and O–H groups in total. The van der Waals surface area contributed by atoms with Crippen LogP contribution in [-0.2, 0) is 17.8 Å². The summed E-state index contributed by atoms with van der Waals surface area (Å²) >= 11 is 0. The minimum absolute atomic E-state index is 0.0336. The molecule has 1 aromatic carbocycles. The highest BCUT2D eigenvalue weighted by Gasteiger charge is 2.13. The molecule has 0 aliphatic heterocycles. The Hall–Kier alpha value is -2.76. The molecule has 118 valence electrons. The van der Waals surface area contributed by atoms with E-state index in [-0.39, 0.29) is 18.0 Å². The van der Waals surface area contributed by atoms with E-state index >= 15 is 0 Å². The summed E-state index contributed by atoms with van der Waals surface area (Å²) in [5, 5.41) is 3.36. The third-order valence-corrected chi connectivity index (χ3v) is 3.61. The van der Waals surface area contributed by atoms with E-state index in [4.69, 9.17) is 0 Å². The normalized spacial score (nSPS) is 10.9. The van der Waals surface area contributed by atoms with Crippen LogP contribution in [0.1, 0.15) is 12.5 Å². The number of fused-ring (bicyclic) bond motifs is 1. The van der Waals surface area contributed by atoms with Crippen molar-refractivity contribution < 1.29 is 13.6 Å². The quantitative estimate of drug-likeness (QED) is 0.801. The van der Waals surface area contributed by atoms with Gasteiger partial charge in [-0.2, -0.15) is 0 Å². The molecule has 0 atom stereocenters. The van der Waals surface area contributed by atoms with E-state index < -0.39 is 11.6 Å². The highest BCUT2D eigenvalue weighted by atomic mass is 19.1. The predicted molar refractivity (Wildman–Crippen MR) is 84.1 cm³/mol. The first kappa shape index (κ1) is 15.1. The first-order valence-electron chi connectivity index (χ1n) is 7.26. The standard InChI is InChI=1S/C17H15F2N3O/c1-2-22-10-11(13-4-3-7-20-17(13)22)8-16(23)21-15-6-5-12(18)9-14(15)19/h3-7,9-10H,2,8H2,1H3,(H,21,23). The second-order valence-corrected chi connectivity index (χ2v) is 5.16. The molecule has 0 saturated heterocycles. The Morgan fingerprint density at radius 2 is 2.13 bits per heavy atom. The fourth-order valence-corrected chi connectivity index (χ4v) is 2.54. The number of pyridine rings is 1. The molecule has 0 fully saturated rings. The molecule has 23 heavy (non-hydrogen) atoms. The zero-order valence-corrected chi connectivity index (χ0v) is 12.5. The van der Waals surface area contributed by atoms with E-state index in [1.165, 1.54) is 6.07 Å². The summed E-state index contributed by atoms with van der Waals surface area (Å²) in [6.45, 7) is 2.73. The molecule has 0 radical (unpaired) electrons. The van der Waals surface area contributed by atoms with Crippen molar-refractivity contribution in [1.82, 2.24) is 9.55 Å². The fraction of sp³-hybridized carbons (Fsp3) is 0.176. The summed E-state index contributed by atoms with van der Waals surface area (Å²) in [6.07, 6.45) is 3.66. The van der Waals surface area contributed by atoms with Gasteiger partial charge in [-0.1, -0.05) is 0 Å². The number of halogens is 2. The number of rotatable bonds is 4. The first-order chi connectivity index (χ1) is 11.1. The van der Waals surface area contributed by atoms with Crippen molar-refractivity contribution in [3.8, 4) is 0 Å². The van der Waals surface area contributed by atoms with Crippen LogP contribution in [0, 0.1) is 11.6 Å². The van der Waals surface area contributed by atoms with E-state index in [0.29, 0.717) is 0 Å². The van der Waals surface area contributed by atoms with Gasteiger partial charge >= 0.3 is 0 Å². The van der Waals surface area contributed by atoms with Crippen LogP contribution in [0.2, 0.25) is 0 Å². The molecular weight excluding hydrogens is 300 g/mol. The van der Waals surface area contributed by atoms with Crippen molar-refractivity contribution in [2.45, 2.75) is 19.9 Å². The average molecular weight is 315 g/mol. The summed E-state index contributed by atoms with van der Waals surface area (Å²) in [6, 6.07) is 6.76. The molecule has 0 saturated carbocycles. The van der Waals surface area contributed by atoms with Crippen LogP contribution in [0.3, 0.4) is 0 Å². The maximum atomic E-state index is 13.6. The van der Waals surface area contributed by atoms with Gasteiger partial charge in [0.2, 0.25) is 5.91 Å².